The van der Waals surface area contributed by atoms with Crippen LogP contribution in [0.2, 0.25) is 0 Å². The van der Waals surface area contributed by atoms with Gasteiger partial charge in [-0.05, 0) is 19.1 Å². The van der Waals surface area contributed by atoms with Crippen LogP contribution in [0.4, 0.5) is 0 Å². The van der Waals surface area contributed by atoms with Gasteiger partial charge in [0.15, 0.2) is 0 Å². The predicted octanol–water partition coefficient (Wildman–Crippen LogP) is 1.43. The first kappa shape index (κ1) is 13.8. The molecule has 0 unspecified atom stereocenters. The number of hydrogen-bond donors (Lipinski definition) is 2. The van der Waals surface area contributed by atoms with Crippen molar-refractivity contribution < 1.29 is 14.6 Å². The fourth-order valence-corrected chi connectivity index (χ4v) is 1.61. The number of benzene rings is 1. The van der Waals surface area contributed by atoms with Crippen LogP contribution < -0.4 is 10.1 Å². The van der Waals surface area contributed by atoms with Gasteiger partial charge in [-0.15, -0.1) is 0 Å². The molecule has 1 amide bonds. The molecule has 0 fully saturated rings. The summed E-state index contributed by atoms with van der Waals surface area (Å²) in [6.07, 6.45) is 3.23. The Balaban J connectivity index is 2.03. The van der Waals surface area contributed by atoms with Crippen molar-refractivity contribution in [2.24, 2.45) is 0 Å². The van der Waals surface area contributed by atoms with E-state index in [1.54, 1.807) is 18.5 Å². The highest BCUT2D eigenvalue weighted by Crippen LogP contribution is 2.23. The second kappa shape index (κ2) is 6.01. The molecule has 0 aliphatic rings. The Morgan fingerprint density at radius 1 is 1.35 bits per heavy atom. The van der Waals surface area contributed by atoms with E-state index in [9.17, 15) is 9.90 Å². The number of aromatic hydroxyl groups is 1. The number of phenolic OH excluding ortho intramolecular Hbond substituents is 1. The number of nitrogens with one attached hydrogen (secondary N) is 1. The summed E-state index contributed by atoms with van der Waals surface area (Å²) in [6, 6.07) is 4.51. The molecular weight excluding hydrogens is 258 g/mol. The smallest absolute Gasteiger partial charge is 0.255 e. The Morgan fingerprint density at radius 3 is 2.75 bits per heavy atom. The molecular formula is C14H15N3O3. The van der Waals surface area contributed by atoms with E-state index in [0.717, 1.165) is 5.69 Å². The maximum absolute atomic E-state index is 11.9. The molecule has 104 valence electrons. The van der Waals surface area contributed by atoms with Crippen molar-refractivity contribution in [2.75, 3.05) is 7.11 Å². The number of phenols is 1. The Bertz CT molecular complexity index is 612. The summed E-state index contributed by atoms with van der Waals surface area (Å²) >= 11 is 0. The second-order valence-electron chi connectivity index (χ2n) is 4.21. The minimum Gasteiger partial charge on any atom is -0.507 e. The van der Waals surface area contributed by atoms with Crippen LogP contribution in [0, 0.1) is 6.92 Å². The molecule has 0 bridgehead atoms. The number of rotatable bonds is 4. The number of carbonyl (C=O) groups excluding carboxylic acids is 1. The van der Waals surface area contributed by atoms with E-state index < -0.39 is 0 Å². The monoisotopic (exact) mass is 273 g/mol. The topological polar surface area (TPSA) is 84.3 Å². The predicted molar refractivity (Wildman–Crippen MR) is 72.6 cm³/mol. The molecule has 20 heavy (non-hydrogen) atoms. The minimum atomic E-state index is -0.382. The first-order valence-corrected chi connectivity index (χ1v) is 6.03. The van der Waals surface area contributed by atoms with Crippen LogP contribution in [0.15, 0.2) is 30.6 Å². The Hall–Kier alpha value is -2.63. The maximum atomic E-state index is 11.9. The van der Waals surface area contributed by atoms with Crippen LogP contribution in [0.3, 0.4) is 0 Å². The zero-order chi connectivity index (χ0) is 14.5. The molecule has 0 saturated carbocycles. The molecule has 0 atom stereocenters. The standard InChI is InChI=1S/C14H15N3O3/c1-9-6-16-10(7-15-9)8-17-14(19)12-4-3-11(20-2)5-13(12)18/h3-7,18H,8H2,1-2H3,(H,17,19). The fourth-order valence-electron chi connectivity index (χ4n) is 1.61. The van der Waals surface area contributed by atoms with Crippen molar-refractivity contribution in [3.8, 4) is 11.5 Å². The summed E-state index contributed by atoms with van der Waals surface area (Å²) in [6.45, 7) is 2.09. The van der Waals surface area contributed by atoms with Gasteiger partial charge in [0.1, 0.15) is 11.5 Å². The van der Waals surface area contributed by atoms with E-state index in [1.807, 2.05) is 6.92 Å². The van der Waals surface area contributed by atoms with Gasteiger partial charge in [-0.2, -0.15) is 0 Å². The molecule has 1 heterocycles. The lowest BCUT2D eigenvalue weighted by molar-refractivity contribution is 0.0947. The molecule has 1 aromatic carbocycles. The Kier molecular flexibility index (Phi) is 4.14. The average molecular weight is 273 g/mol. The quantitative estimate of drug-likeness (QED) is 0.880. The van der Waals surface area contributed by atoms with Crippen LogP contribution in [0.25, 0.3) is 0 Å². The number of methoxy groups -OCH3 is 1. The van der Waals surface area contributed by atoms with Gasteiger partial charge < -0.3 is 15.2 Å². The van der Waals surface area contributed by atoms with Crippen molar-refractivity contribution in [1.29, 1.82) is 0 Å². The number of aryl methyl sites for hydroxylation is 1. The van der Waals surface area contributed by atoms with Gasteiger partial charge in [0.2, 0.25) is 0 Å². The van der Waals surface area contributed by atoms with Gasteiger partial charge >= 0.3 is 0 Å². The number of amides is 1. The number of carbonyl (C=O) groups is 1. The molecule has 6 nitrogen and oxygen atoms in total. The highest BCUT2D eigenvalue weighted by molar-refractivity contribution is 5.96. The van der Waals surface area contributed by atoms with E-state index in [1.165, 1.54) is 19.2 Å². The minimum absolute atomic E-state index is 0.128. The van der Waals surface area contributed by atoms with E-state index >= 15 is 0 Å². The van der Waals surface area contributed by atoms with Crippen molar-refractivity contribution in [2.45, 2.75) is 13.5 Å². The maximum Gasteiger partial charge on any atom is 0.255 e. The number of nitrogens with zero attached hydrogens (tertiary/aromatic N) is 2. The SMILES string of the molecule is COc1ccc(C(=O)NCc2cnc(C)cn2)c(O)c1. The molecule has 0 spiro atoms. The van der Waals surface area contributed by atoms with E-state index in [2.05, 4.69) is 15.3 Å². The molecule has 2 rings (SSSR count). The summed E-state index contributed by atoms with van der Waals surface area (Å²) in [7, 11) is 1.49. The summed E-state index contributed by atoms with van der Waals surface area (Å²) in [5, 5.41) is 12.4. The third-order valence-electron chi connectivity index (χ3n) is 2.71. The molecule has 2 N–H and O–H groups in total. The second-order valence-corrected chi connectivity index (χ2v) is 4.21. The lowest BCUT2D eigenvalue weighted by Crippen LogP contribution is -2.23. The Morgan fingerprint density at radius 2 is 2.15 bits per heavy atom. The summed E-state index contributed by atoms with van der Waals surface area (Å²) in [5.74, 6) is -0.0205. The van der Waals surface area contributed by atoms with Crippen LogP contribution in [0.5, 0.6) is 11.5 Å². The molecule has 0 aliphatic carbocycles. The molecule has 0 saturated heterocycles. The lowest BCUT2D eigenvalue weighted by atomic mass is 10.2. The van der Waals surface area contributed by atoms with Crippen LogP contribution in [0.1, 0.15) is 21.7 Å². The number of hydrogen-bond acceptors (Lipinski definition) is 5. The van der Waals surface area contributed by atoms with Crippen LogP contribution in [-0.2, 0) is 6.54 Å². The van der Waals surface area contributed by atoms with Crippen molar-refractivity contribution in [3.05, 3.63) is 47.5 Å². The zero-order valence-electron chi connectivity index (χ0n) is 11.3. The molecule has 2 aromatic rings. The first-order chi connectivity index (χ1) is 9.60. The van der Waals surface area contributed by atoms with Gasteiger partial charge in [0, 0.05) is 12.3 Å². The average Bonchev–Trinajstić information content (AvgIpc) is 2.46. The van der Waals surface area contributed by atoms with Crippen molar-refractivity contribution >= 4 is 5.91 Å². The third-order valence-corrected chi connectivity index (χ3v) is 2.71. The molecule has 1 aromatic heterocycles. The summed E-state index contributed by atoms with van der Waals surface area (Å²) in [4.78, 5) is 20.2. The number of ether oxygens (including phenoxy) is 1. The molecule has 0 aliphatic heterocycles. The molecule has 6 heteroatoms. The van der Waals surface area contributed by atoms with E-state index in [-0.39, 0.29) is 23.8 Å². The Labute approximate surface area is 116 Å². The van der Waals surface area contributed by atoms with E-state index in [4.69, 9.17) is 4.74 Å². The van der Waals surface area contributed by atoms with Crippen molar-refractivity contribution in [3.63, 3.8) is 0 Å². The fraction of sp³-hybridized carbons (Fsp3) is 0.214. The number of aromatic nitrogens is 2. The lowest BCUT2D eigenvalue weighted by Gasteiger charge is -2.08. The zero-order valence-corrected chi connectivity index (χ0v) is 11.3. The van der Waals surface area contributed by atoms with E-state index in [0.29, 0.717) is 11.4 Å². The highest BCUT2D eigenvalue weighted by atomic mass is 16.5. The van der Waals surface area contributed by atoms with Crippen LogP contribution in [-0.4, -0.2) is 28.1 Å². The van der Waals surface area contributed by atoms with Gasteiger partial charge in [-0.25, -0.2) is 0 Å². The van der Waals surface area contributed by atoms with Gasteiger partial charge in [-0.1, -0.05) is 0 Å². The molecule has 0 radical (unpaired) electrons. The van der Waals surface area contributed by atoms with Crippen molar-refractivity contribution in [1.82, 2.24) is 15.3 Å². The van der Waals surface area contributed by atoms with Gasteiger partial charge in [-0.3, -0.25) is 14.8 Å². The van der Waals surface area contributed by atoms with Crippen LogP contribution >= 0.6 is 0 Å². The first-order valence-electron chi connectivity index (χ1n) is 6.03. The van der Waals surface area contributed by atoms with Gasteiger partial charge in [0.25, 0.3) is 5.91 Å². The highest BCUT2D eigenvalue weighted by Gasteiger charge is 2.11. The summed E-state index contributed by atoms with van der Waals surface area (Å²) < 4.78 is 4.96. The third kappa shape index (κ3) is 3.23. The van der Waals surface area contributed by atoms with Gasteiger partial charge in [0.05, 0.1) is 36.8 Å². The summed E-state index contributed by atoms with van der Waals surface area (Å²) in [5.41, 5.74) is 1.65. The normalized spacial score (nSPS) is 10.1. The largest absolute Gasteiger partial charge is 0.507 e.